The van der Waals surface area contributed by atoms with E-state index in [9.17, 15) is 9.59 Å². The Labute approximate surface area is 129 Å². The van der Waals surface area contributed by atoms with E-state index in [2.05, 4.69) is 0 Å². The Balaban J connectivity index is 2.18. The number of aromatic nitrogens is 1. The lowest BCUT2D eigenvalue weighted by Crippen LogP contribution is -2.23. The number of fused-ring (bicyclic) bond motifs is 1. The molecule has 0 amide bonds. The summed E-state index contributed by atoms with van der Waals surface area (Å²) in [5, 5.41) is 1.02. The van der Waals surface area contributed by atoms with E-state index in [0.717, 1.165) is 22.2 Å². The Morgan fingerprint density at radius 3 is 2.27 bits per heavy atom. The number of carbonyl (C=O) groups is 2. The molecule has 0 atom stereocenters. The maximum atomic E-state index is 12.8. The van der Waals surface area contributed by atoms with Crippen molar-refractivity contribution < 1.29 is 9.59 Å². The van der Waals surface area contributed by atoms with Gasteiger partial charge in [-0.25, -0.2) is 0 Å². The van der Waals surface area contributed by atoms with E-state index in [1.165, 1.54) is 0 Å². The fraction of sp³-hybridized carbons (Fsp3) is 0.158. The first kappa shape index (κ1) is 14.3. The molecule has 0 N–H and O–H groups in total. The third-order valence-electron chi connectivity index (χ3n) is 4.02. The van der Waals surface area contributed by atoms with Crippen LogP contribution in [-0.4, -0.2) is 16.3 Å². The quantitative estimate of drug-likeness (QED) is 0.539. The van der Waals surface area contributed by atoms with Crippen molar-refractivity contribution in [3.63, 3.8) is 0 Å². The zero-order chi connectivity index (χ0) is 15.7. The number of ketones is 1. The van der Waals surface area contributed by atoms with Crippen molar-refractivity contribution in [1.29, 1.82) is 0 Å². The summed E-state index contributed by atoms with van der Waals surface area (Å²) >= 11 is 0. The van der Waals surface area contributed by atoms with E-state index >= 15 is 0 Å². The summed E-state index contributed by atoms with van der Waals surface area (Å²) in [6.07, 6.45) is 0.703. The molecule has 3 rings (SSSR count). The normalized spacial score (nSPS) is 10.8. The van der Waals surface area contributed by atoms with E-state index in [1.807, 2.05) is 44.2 Å². The largest absolute Gasteiger partial charge is 0.303 e. The molecule has 3 heteroatoms. The van der Waals surface area contributed by atoms with E-state index in [4.69, 9.17) is 0 Å². The number of nitrogens with zero attached hydrogens (tertiary/aromatic N) is 1. The summed E-state index contributed by atoms with van der Waals surface area (Å²) in [7, 11) is 0. The van der Waals surface area contributed by atoms with Gasteiger partial charge in [0.1, 0.15) is 0 Å². The SMILES string of the molecule is CCc1c(C)c2ccccc2n1C(=O)C(=O)c1ccccc1. The monoisotopic (exact) mass is 291 g/mol. The minimum absolute atomic E-state index is 0.421. The number of benzene rings is 2. The number of para-hydroxylation sites is 1. The number of hydrogen-bond acceptors (Lipinski definition) is 2. The van der Waals surface area contributed by atoms with Crippen LogP contribution in [0.3, 0.4) is 0 Å². The molecule has 3 nitrogen and oxygen atoms in total. The van der Waals surface area contributed by atoms with E-state index in [-0.39, 0.29) is 0 Å². The van der Waals surface area contributed by atoms with Crippen molar-refractivity contribution in [2.24, 2.45) is 0 Å². The molecule has 22 heavy (non-hydrogen) atoms. The average Bonchev–Trinajstić information content (AvgIpc) is 2.87. The lowest BCUT2D eigenvalue weighted by Gasteiger charge is -2.08. The predicted molar refractivity (Wildman–Crippen MR) is 87.5 cm³/mol. The number of rotatable bonds is 3. The molecule has 0 fully saturated rings. The molecule has 1 aromatic heterocycles. The molecule has 0 radical (unpaired) electrons. The van der Waals surface area contributed by atoms with Gasteiger partial charge in [-0.1, -0.05) is 55.5 Å². The molecular formula is C19H17NO2. The molecule has 0 bridgehead atoms. The Morgan fingerprint density at radius 2 is 1.59 bits per heavy atom. The van der Waals surface area contributed by atoms with Crippen LogP contribution in [0.2, 0.25) is 0 Å². The van der Waals surface area contributed by atoms with Gasteiger partial charge in [0.25, 0.3) is 5.78 Å². The molecule has 2 aromatic carbocycles. The van der Waals surface area contributed by atoms with Gasteiger partial charge in [-0.05, 0) is 25.0 Å². The zero-order valence-corrected chi connectivity index (χ0v) is 12.7. The highest BCUT2D eigenvalue weighted by atomic mass is 16.2. The molecule has 0 saturated heterocycles. The van der Waals surface area contributed by atoms with E-state index < -0.39 is 11.7 Å². The van der Waals surface area contributed by atoms with Crippen molar-refractivity contribution in [3.8, 4) is 0 Å². The Hall–Kier alpha value is -2.68. The number of Topliss-reactive ketones (excluding diaryl/α,β-unsaturated/α-hetero) is 1. The first-order chi connectivity index (χ1) is 10.6. The second-order valence-electron chi connectivity index (χ2n) is 5.28. The topological polar surface area (TPSA) is 39.1 Å². The van der Waals surface area contributed by atoms with Crippen molar-refractivity contribution >= 4 is 22.6 Å². The molecule has 0 spiro atoms. The highest BCUT2D eigenvalue weighted by Crippen LogP contribution is 2.26. The third-order valence-corrected chi connectivity index (χ3v) is 4.02. The highest BCUT2D eigenvalue weighted by molar-refractivity contribution is 6.44. The second-order valence-corrected chi connectivity index (χ2v) is 5.28. The van der Waals surface area contributed by atoms with Gasteiger partial charge in [0, 0.05) is 16.6 Å². The molecule has 0 aliphatic heterocycles. The fourth-order valence-corrected chi connectivity index (χ4v) is 2.92. The number of aryl methyl sites for hydroxylation is 1. The smallest absolute Gasteiger partial charge is 0.283 e. The Kier molecular flexibility index (Phi) is 3.63. The molecule has 3 aromatic rings. The van der Waals surface area contributed by atoms with Crippen LogP contribution < -0.4 is 0 Å². The third kappa shape index (κ3) is 2.15. The summed E-state index contributed by atoms with van der Waals surface area (Å²) in [5.74, 6) is -0.969. The number of carbonyl (C=O) groups excluding carboxylic acids is 2. The standard InChI is InChI=1S/C19H17NO2/c1-3-16-13(2)15-11-7-8-12-17(15)20(16)19(22)18(21)14-9-5-4-6-10-14/h4-12H,3H2,1-2H3. The van der Waals surface area contributed by atoms with Crippen molar-refractivity contribution in [1.82, 2.24) is 4.57 Å². The summed E-state index contributed by atoms with van der Waals surface area (Å²) < 4.78 is 1.57. The highest BCUT2D eigenvalue weighted by Gasteiger charge is 2.23. The van der Waals surface area contributed by atoms with Crippen LogP contribution in [-0.2, 0) is 6.42 Å². The van der Waals surface area contributed by atoms with Crippen LogP contribution in [0.15, 0.2) is 54.6 Å². The zero-order valence-electron chi connectivity index (χ0n) is 12.7. The summed E-state index contributed by atoms with van der Waals surface area (Å²) in [5.41, 5.74) is 3.18. The lowest BCUT2D eigenvalue weighted by atomic mass is 10.1. The van der Waals surface area contributed by atoms with Gasteiger partial charge in [0.15, 0.2) is 0 Å². The second kappa shape index (κ2) is 5.60. The van der Waals surface area contributed by atoms with Gasteiger partial charge in [-0.2, -0.15) is 0 Å². The van der Waals surface area contributed by atoms with Crippen LogP contribution in [0.5, 0.6) is 0 Å². The van der Waals surface area contributed by atoms with Crippen molar-refractivity contribution in [2.75, 3.05) is 0 Å². The van der Waals surface area contributed by atoms with Gasteiger partial charge < -0.3 is 0 Å². The number of hydrogen-bond donors (Lipinski definition) is 0. The summed E-state index contributed by atoms with van der Waals surface area (Å²) in [4.78, 5) is 25.3. The van der Waals surface area contributed by atoms with Crippen LogP contribution in [0.25, 0.3) is 10.9 Å². The van der Waals surface area contributed by atoms with Gasteiger partial charge in [0.05, 0.1) is 5.52 Å². The van der Waals surface area contributed by atoms with Gasteiger partial charge in [-0.15, -0.1) is 0 Å². The van der Waals surface area contributed by atoms with Crippen LogP contribution >= 0.6 is 0 Å². The molecule has 110 valence electrons. The molecule has 0 unspecified atom stereocenters. The molecule has 1 heterocycles. The predicted octanol–water partition coefficient (Wildman–Crippen LogP) is 4.04. The van der Waals surface area contributed by atoms with Gasteiger partial charge in [-0.3, -0.25) is 14.2 Å². The van der Waals surface area contributed by atoms with Gasteiger partial charge in [0.2, 0.25) is 0 Å². The fourth-order valence-electron chi connectivity index (χ4n) is 2.92. The molecule has 0 saturated carbocycles. The maximum absolute atomic E-state index is 12.8. The minimum Gasteiger partial charge on any atom is -0.283 e. The first-order valence-corrected chi connectivity index (χ1v) is 7.38. The van der Waals surface area contributed by atoms with Crippen molar-refractivity contribution in [3.05, 3.63) is 71.4 Å². The summed E-state index contributed by atoms with van der Waals surface area (Å²) in [6.45, 7) is 4.00. The molecule has 0 aliphatic carbocycles. The molecule has 0 aliphatic rings. The first-order valence-electron chi connectivity index (χ1n) is 7.38. The Bertz CT molecular complexity index is 860. The van der Waals surface area contributed by atoms with E-state index in [1.54, 1.807) is 28.8 Å². The van der Waals surface area contributed by atoms with Gasteiger partial charge >= 0.3 is 5.91 Å². The lowest BCUT2D eigenvalue weighted by molar-refractivity contribution is 0.0766. The van der Waals surface area contributed by atoms with Crippen molar-refractivity contribution in [2.45, 2.75) is 20.3 Å². The average molecular weight is 291 g/mol. The maximum Gasteiger partial charge on any atom is 0.303 e. The summed E-state index contributed by atoms with van der Waals surface area (Å²) in [6, 6.07) is 16.4. The minimum atomic E-state index is -0.493. The van der Waals surface area contributed by atoms with Crippen LogP contribution in [0.4, 0.5) is 0 Å². The Morgan fingerprint density at radius 1 is 0.955 bits per heavy atom. The van der Waals surface area contributed by atoms with Crippen LogP contribution in [0.1, 0.15) is 33.3 Å². The van der Waals surface area contributed by atoms with E-state index in [0.29, 0.717) is 12.0 Å². The molecular weight excluding hydrogens is 274 g/mol. The van der Waals surface area contributed by atoms with Crippen LogP contribution in [0, 0.1) is 6.92 Å².